The molecular formula is C10H9ClFN. The minimum Gasteiger partial charge on any atom is -0.262 e. The van der Waals surface area contributed by atoms with Crippen molar-refractivity contribution in [2.45, 2.75) is 18.2 Å². The van der Waals surface area contributed by atoms with Gasteiger partial charge < -0.3 is 0 Å². The van der Waals surface area contributed by atoms with E-state index in [1.54, 1.807) is 12.3 Å². The summed E-state index contributed by atoms with van der Waals surface area (Å²) in [5, 5.41) is 0.0579. The predicted octanol–water partition coefficient (Wildman–Crippen LogP) is 3.01. The van der Waals surface area contributed by atoms with E-state index >= 15 is 0 Å². The molecule has 1 aromatic rings. The van der Waals surface area contributed by atoms with Gasteiger partial charge in [-0.3, -0.25) is 4.98 Å². The highest BCUT2D eigenvalue weighted by Gasteiger charge is 2.16. The third kappa shape index (κ3) is 1.73. The van der Waals surface area contributed by atoms with E-state index in [1.165, 1.54) is 6.20 Å². The summed E-state index contributed by atoms with van der Waals surface area (Å²) in [5.74, 6) is -0.264. The van der Waals surface area contributed by atoms with Crippen molar-refractivity contribution in [3.63, 3.8) is 0 Å². The number of rotatable bonds is 1. The van der Waals surface area contributed by atoms with Crippen molar-refractivity contribution in [3.05, 3.63) is 35.9 Å². The molecule has 0 aliphatic heterocycles. The highest BCUT2D eigenvalue weighted by Crippen LogP contribution is 2.31. The van der Waals surface area contributed by atoms with Crippen molar-refractivity contribution in [2.24, 2.45) is 0 Å². The molecule has 1 aromatic heterocycles. The minimum absolute atomic E-state index is 0.0579. The predicted molar refractivity (Wildman–Crippen MR) is 51.0 cm³/mol. The van der Waals surface area contributed by atoms with Gasteiger partial charge in [0.1, 0.15) is 5.82 Å². The van der Waals surface area contributed by atoms with Crippen molar-refractivity contribution < 1.29 is 4.39 Å². The van der Waals surface area contributed by atoms with Crippen LogP contribution in [0.25, 0.3) is 5.57 Å². The fourth-order valence-corrected chi connectivity index (χ4v) is 1.80. The number of halogens is 2. The van der Waals surface area contributed by atoms with Crippen LogP contribution in [0.4, 0.5) is 4.39 Å². The summed E-state index contributed by atoms with van der Waals surface area (Å²) in [7, 11) is 0. The SMILES string of the molecule is Fc1cnccc1C1=CC(Cl)CC1. The van der Waals surface area contributed by atoms with Crippen LogP contribution in [0.15, 0.2) is 24.5 Å². The maximum absolute atomic E-state index is 13.2. The maximum atomic E-state index is 13.2. The van der Waals surface area contributed by atoms with Gasteiger partial charge >= 0.3 is 0 Å². The molecule has 3 heteroatoms. The molecule has 2 rings (SSSR count). The molecule has 0 bridgehead atoms. The Bertz CT molecular complexity index is 349. The van der Waals surface area contributed by atoms with E-state index in [-0.39, 0.29) is 11.2 Å². The average Bonchev–Trinajstić information content (AvgIpc) is 2.53. The lowest BCUT2D eigenvalue weighted by atomic mass is 10.1. The molecule has 0 N–H and O–H groups in total. The Morgan fingerprint density at radius 2 is 2.38 bits per heavy atom. The van der Waals surface area contributed by atoms with E-state index in [4.69, 9.17) is 11.6 Å². The van der Waals surface area contributed by atoms with Crippen LogP contribution in [0.2, 0.25) is 0 Å². The molecule has 0 fully saturated rings. The normalized spacial score (nSPS) is 21.7. The summed E-state index contributed by atoms with van der Waals surface area (Å²) in [5.41, 5.74) is 1.64. The van der Waals surface area contributed by atoms with Gasteiger partial charge in [0.25, 0.3) is 0 Å². The molecule has 0 radical (unpaired) electrons. The Hall–Kier alpha value is -0.890. The molecule has 0 aromatic carbocycles. The topological polar surface area (TPSA) is 12.9 Å². The van der Waals surface area contributed by atoms with Crippen LogP contribution in [-0.2, 0) is 0 Å². The van der Waals surface area contributed by atoms with E-state index < -0.39 is 0 Å². The molecule has 1 aliphatic rings. The standard InChI is InChI=1S/C10H9ClFN/c11-8-2-1-7(5-8)9-3-4-13-6-10(9)12/h3-6,8H,1-2H2. The second-order valence-corrected chi connectivity index (χ2v) is 3.66. The highest BCUT2D eigenvalue weighted by molar-refractivity contribution is 6.22. The number of nitrogens with zero attached hydrogens (tertiary/aromatic N) is 1. The van der Waals surface area contributed by atoms with Crippen molar-refractivity contribution in [3.8, 4) is 0 Å². The van der Waals surface area contributed by atoms with Gasteiger partial charge in [-0.2, -0.15) is 0 Å². The first-order chi connectivity index (χ1) is 6.27. The van der Waals surface area contributed by atoms with Crippen LogP contribution >= 0.6 is 11.6 Å². The van der Waals surface area contributed by atoms with Gasteiger partial charge in [-0.15, -0.1) is 11.6 Å². The van der Waals surface area contributed by atoms with Gasteiger partial charge in [0.15, 0.2) is 0 Å². The first-order valence-corrected chi connectivity index (χ1v) is 4.65. The molecule has 0 saturated carbocycles. The number of hydrogen-bond acceptors (Lipinski definition) is 1. The van der Waals surface area contributed by atoms with Gasteiger partial charge in [0.2, 0.25) is 0 Å². The zero-order valence-corrected chi connectivity index (χ0v) is 7.76. The molecule has 13 heavy (non-hydrogen) atoms. The molecule has 68 valence electrons. The van der Waals surface area contributed by atoms with Crippen LogP contribution in [0, 0.1) is 5.82 Å². The largest absolute Gasteiger partial charge is 0.262 e. The van der Waals surface area contributed by atoms with E-state index in [2.05, 4.69) is 4.98 Å². The Morgan fingerprint density at radius 1 is 1.54 bits per heavy atom. The number of pyridine rings is 1. The van der Waals surface area contributed by atoms with Crippen molar-refractivity contribution in [1.29, 1.82) is 0 Å². The van der Waals surface area contributed by atoms with E-state index in [0.717, 1.165) is 18.4 Å². The Labute approximate surface area is 81.2 Å². The number of aromatic nitrogens is 1. The zero-order valence-electron chi connectivity index (χ0n) is 7.00. The fraction of sp³-hybridized carbons (Fsp3) is 0.300. The van der Waals surface area contributed by atoms with Crippen LogP contribution in [0.5, 0.6) is 0 Å². The van der Waals surface area contributed by atoms with E-state index in [0.29, 0.717) is 5.56 Å². The van der Waals surface area contributed by atoms with E-state index in [9.17, 15) is 4.39 Å². The molecule has 0 amide bonds. The molecule has 1 aliphatic carbocycles. The summed E-state index contributed by atoms with van der Waals surface area (Å²) in [6, 6.07) is 1.69. The molecule has 1 nitrogen and oxygen atoms in total. The van der Waals surface area contributed by atoms with Crippen molar-refractivity contribution in [1.82, 2.24) is 4.98 Å². The first kappa shape index (κ1) is 8.70. The van der Waals surface area contributed by atoms with Crippen LogP contribution < -0.4 is 0 Å². The molecule has 0 saturated heterocycles. The molecule has 0 spiro atoms. The summed E-state index contributed by atoms with van der Waals surface area (Å²) < 4.78 is 13.2. The third-order valence-corrected chi connectivity index (χ3v) is 2.53. The smallest absolute Gasteiger partial charge is 0.148 e. The Morgan fingerprint density at radius 3 is 3.00 bits per heavy atom. The number of allylic oxidation sites excluding steroid dienone is 2. The fourth-order valence-electron chi connectivity index (χ4n) is 1.54. The highest BCUT2D eigenvalue weighted by atomic mass is 35.5. The Kier molecular flexibility index (Phi) is 2.32. The second kappa shape index (κ2) is 3.46. The molecular weight excluding hydrogens is 189 g/mol. The number of alkyl halides is 1. The maximum Gasteiger partial charge on any atom is 0.148 e. The quantitative estimate of drug-likeness (QED) is 0.631. The van der Waals surface area contributed by atoms with Crippen LogP contribution in [0.3, 0.4) is 0 Å². The van der Waals surface area contributed by atoms with Crippen LogP contribution in [0.1, 0.15) is 18.4 Å². The van der Waals surface area contributed by atoms with Gasteiger partial charge in [-0.1, -0.05) is 6.08 Å². The molecule has 1 atom stereocenters. The summed E-state index contributed by atoms with van der Waals surface area (Å²) in [4.78, 5) is 3.70. The lowest BCUT2D eigenvalue weighted by Gasteiger charge is -2.01. The minimum atomic E-state index is -0.264. The molecule has 1 heterocycles. The summed E-state index contributed by atoms with van der Waals surface area (Å²) >= 11 is 5.89. The van der Waals surface area contributed by atoms with Crippen LogP contribution in [-0.4, -0.2) is 10.4 Å². The lowest BCUT2D eigenvalue weighted by Crippen LogP contribution is -1.88. The summed E-state index contributed by atoms with van der Waals surface area (Å²) in [6.07, 6.45) is 6.51. The van der Waals surface area contributed by atoms with Gasteiger partial charge in [0, 0.05) is 11.8 Å². The van der Waals surface area contributed by atoms with Gasteiger partial charge in [-0.25, -0.2) is 4.39 Å². The summed E-state index contributed by atoms with van der Waals surface area (Å²) in [6.45, 7) is 0. The Balaban J connectivity index is 2.36. The zero-order chi connectivity index (χ0) is 9.26. The monoisotopic (exact) mass is 197 g/mol. The first-order valence-electron chi connectivity index (χ1n) is 4.22. The average molecular weight is 198 g/mol. The van der Waals surface area contributed by atoms with Crippen molar-refractivity contribution in [2.75, 3.05) is 0 Å². The van der Waals surface area contributed by atoms with Gasteiger partial charge in [-0.05, 0) is 24.5 Å². The second-order valence-electron chi connectivity index (χ2n) is 3.10. The van der Waals surface area contributed by atoms with Gasteiger partial charge in [0.05, 0.1) is 11.6 Å². The molecule has 1 unspecified atom stereocenters. The third-order valence-electron chi connectivity index (χ3n) is 2.19. The lowest BCUT2D eigenvalue weighted by molar-refractivity contribution is 0.617. The number of hydrogen-bond donors (Lipinski definition) is 0. The van der Waals surface area contributed by atoms with Crippen molar-refractivity contribution >= 4 is 17.2 Å². The van der Waals surface area contributed by atoms with E-state index in [1.807, 2.05) is 6.08 Å².